The third-order valence-corrected chi connectivity index (χ3v) is 4.23. The fraction of sp³-hybridized carbons (Fsp3) is 0.562. The molecule has 2 aliphatic rings. The molecular weight excluding hydrogens is 288 g/mol. The van der Waals surface area contributed by atoms with Crippen molar-refractivity contribution in [1.82, 2.24) is 10.2 Å². The molecule has 3 rings (SSSR count). The van der Waals surface area contributed by atoms with E-state index in [9.17, 15) is 4.79 Å². The number of hydrogen-bond acceptors (Lipinski definition) is 3. The van der Waals surface area contributed by atoms with E-state index in [0.717, 1.165) is 32.7 Å². The molecule has 0 bridgehead atoms. The van der Waals surface area contributed by atoms with Crippen LogP contribution in [0.25, 0.3) is 0 Å². The Morgan fingerprint density at radius 2 is 2.14 bits per heavy atom. The number of carbonyl (C=O) groups excluding carboxylic acids is 1. The average Bonchev–Trinajstić information content (AvgIpc) is 2.99. The van der Waals surface area contributed by atoms with Gasteiger partial charge in [-0.15, -0.1) is 12.4 Å². The molecule has 0 radical (unpaired) electrons. The number of nitrogens with zero attached hydrogens (tertiary/aromatic N) is 1. The van der Waals surface area contributed by atoms with Crippen molar-refractivity contribution < 1.29 is 9.53 Å². The van der Waals surface area contributed by atoms with Crippen LogP contribution in [0.5, 0.6) is 0 Å². The van der Waals surface area contributed by atoms with Crippen LogP contribution in [0.4, 0.5) is 0 Å². The number of likely N-dealkylation sites (tertiary alicyclic amines) is 1. The van der Waals surface area contributed by atoms with Crippen molar-refractivity contribution in [3.8, 4) is 0 Å². The van der Waals surface area contributed by atoms with Gasteiger partial charge in [-0.3, -0.25) is 4.79 Å². The molecule has 0 aliphatic carbocycles. The second-order valence-corrected chi connectivity index (χ2v) is 5.67. The van der Waals surface area contributed by atoms with Crippen molar-refractivity contribution in [3.63, 3.8) is 0 Å². The van der Waals surface area contributed by atoms with E-state index in [0.29, 0.717) is 18.9 Å². The maximum Gasteiger partial charge on any atom is 0.224 e. The van der Waals surface area contributed by atoms with E-state index in [1.54, 1.807) is 0 Å². The van der Waals surface area contributed by atoms with Crippen LogP contribution in [-0.4, -0.2) is 49.7 Å². The fourth-order valence-electron chi connectivity index (χ4n) is 3.07. The molecule has 116 valence electrons. The van der Waals surface area contributed by atoms with Crippen molar-refractivity contribution in [2.75, 3.05) is 32.8 Å². The molecule has 2 saturated heterocycles. The maximum atomic E-state index is 12.3. The zero-order valence-corrected chi connectivity index (χ0v) is 13.0. The molecule has 4 nitrogen and oxygen atoms in total. The first-order valence-electron chi connectivity index (χ1n) is 7.47. The lowest BCUT2D eigenvalue weighted by atomic mass is 9.99. The second kappa shape index (κ2) is 7.78. The Morgan fingerprint density at radius 1 is 1.33 bits per heavy atom. The number of carbonyl (C=O) groups is 1. The van der Waals surface area contributed by atoms with Crippen LogP contribution in [-0.2, 0) is 9.53 Å². The molecule has 0 aromatic heterocycles. The van der Waals surface area contributed by atoms with Crippen LogP contribution in [0.2, 0.25) is 0 Å². The van der Waals surface area contributed by atoms with E-state index < -0.39 is 0 Å². The summed E-state index contributed by atoms with van der Waals surface area (Å²) in [6, 6.07) is 10.7. The van der Waals surface area contributed by atoms with E-state index in [1.807, 2.05) is 11.0 Å². The summed E-state index contributed by atoms with van der Waals surface area (Å²) in [5.41, 5.74) is 1.35. The summed E-state index contributed by atoms with van der Waals surface area (Å²) in [6.45, 7) is 4.00. The van der Waals surface area contributed by atoms with Gasteiger partial charge < -0.3 is 15.0 Å². The largest absolute Gasteiger partial charge is 0.378 e. The lowest BCUT2D eigenvalue weighted by Crippen LogP contribution is -2.44. The first kappa shape index (κ1) is 16.3. The number of nitrogens with one attached hydrogen (secondary N) is 1. The Hall–Kier alpha value is -1.10. The predicted molar refractivity (Wildman–Crippen MR) is 84.9 cm³/mol. The Labute approximate surface area is 132 Å². The molecule has 1 aromatic carbocycles. The zero-order valence-electron chi connectivity index (χ0n) is 12.2. The highest BCUT2D eigenvalue weighted by atomic mass is 35.5. The van der Waals surface area contributed by atoms with Crippen LogP contribution in [0.3, 0.4) is 0 Å². The van der Waals surface area contributed by atoms with Crippen LogP contribution in [0.15, 0.2) is 30.3 Å². The number of hydrogen-bond donors (Lipinski definition) is 1. The Balaban J connectivity index is 0.00000161. The number of halogens is 1. The minimum Gasteiger partial charge on any atom is -0.378 e. The predicted octanol–water partition coefficient (Wildman–Crippen LogP) is 1.80. The number of morpholine rings is 1. The molecule has 0 saturated carbocycles. The van der Waals surface area contributed by atoms with Crippen molar-refractivity contribution in [2.45, 2.75) is 24.8 Å². The van der Waals surface area contributed by atoms with Gasteiger partial charge >= 0.3 is 0 Å². The zero-order chi connectivity index (χ0) is 13.8. The monoisotopic (exact) mass is 310 g/mol. The molecular formula is C16H23ClN2O2. The second-order valence-electron chi connectivity index (χ2n) is 5.67. The molecule has 2 unspecified atom stereocenters. The summed E-state index contributed by atoms with van der Waals surface area (Å²) >= 11 is 0. The third-order valence-electron chi connectivity index (χ3n) is 4.23. The van der Waals surface area contributed by atoms with Gasteiger partial charge in [-0.25, -0.2) is 0 Å². The van der Waals surface area contributed by atoms with E-state index in [4.69, 9.17) is 4.74 Å². The summed E-state index contributed by atoms with van der Waals surface area (Å²) < 4.78 is 5.40. The number of ether oxygens (including phenoxy) is 1. The van der Waals surface area contributed by atoms with Crippen molar-refractivity contribution >= 4 is 18.3 Å². The minimum absolute atomic E-state index is 0. The molecule has 2 atom stereocenters. The standard InChI is InChI=1S/C16H22N2O2.ClH/c19-16(10-15-12-20-9-7-17-15)18-8-6-14(11-18)13-4-2-1-3-5-13;/h1-5,14-15,17H,6-12H2;1H. The van der Waals surface area contributed by atoms with E-state index in [2.05, 4.69) is 29.6 Å². The molecule has 1 amide bonds. The van der Waals surface area contributed by atoms with Gasteiger partial charge in [-0.1, -0.05) is 30.3 Å². The Bertz CT molecular complexity index is 449. The lowest BCUT2D eigenvalue weighted by molar-refractivity contribution is -0.131. The van der Waals surface area contributed by atoms with E-state index >= 15 is 0 Å². The quantitative estimate of drug-likeness (QED) is 0.925. The van der Waals surface area contributed by atoms with Gasteiger partial charge in [0.05, 0.1) is 13.2 Å². The molecule has 2 heterocycles. The number of rotatable bonds is 3. The SMILES string of the molecule is Cl.O=C(CC1COCCN1)N1CCC(c2ccccc2)C1. The topological polar surface area (TPSA) is 41.6 Å². The highest BCUT2D eigenvalue weighted by molar-refractivity contribution is 5.85. The number of benzene rings is 1. The molecule has 1 aromatic rings. The molecule has 0 spiro atoms. The Kier molecular flexibility index (Phi) is 6.03. The first-order valence-corrected chi connectivity index (χ1v) is 7.47. The summed E-state index contributed by atoms with van der Waals surface area (Å²) in [5.74, 6) is 0.752. The van der Waals surface area contributed by atoms with Crippen LogP contribution >= 0.6 is 12.4 Å². The van der Waals surface area contributed by atoms with Crippen LogP contribution in [0, 0.1) is 0 Å². The van der Waals surface area contributed by atoms with E-state index in [-0.39, 0.29) is 24.4 Å². The van der Waals surface area contributed by atoms with Gasteiger partial charge in [0.25, 0.3) is 0 Å². The molecule has 2 fully saturated rings. The van der Waals surface area contributed by atoms with Crippen LogP contribution in [0.1, 0.15) is 24.3 Å². The smallest absolute Gasteiger partial charge is 0.224 e. The highest BCUT2D eigenvalue weighted by Gasteiger charge is 2.28. The summed E-state index contributed by atoms with van der Waals surface area (Å²) in [5, 5.41) is 3.34. The average molecular weight is 311 g/mol. The van der Waals surface area contributed by atoms with Crippen molar-refractivity contribution in [1.29, 1.82) is 0 Å². The lowest BCUT2D eigenvalue weighted by Gasteiger charge is -2.25. The normalized spacial score (nSPS) is 25.4. The molecule has 2 aliphatic heterocycles. The van der Waals surface area contributed by atoms with Gasteiger partial charge in [0.15, 0.2) is 0 Å². The Morgan fingerprint density at radius 3 is 2.86 bits per heavy atom. The summed E-state index contributed by atoms with van der Waals surface area (Å²) in [7, 11) is 0. The van der Waals surface area contributed by atoms with Gasteiger partial charge in [-0.05, 0) is 12.0 Å². The summed E-state index contributed by atoms with van der Waals surface area (Å²) in [4.78, 5) is 14.3. The fourth-order valence-corrected chi connectivity index (χ4v) is 3.07. The minimum atomic E-state index is 0. The first-order chi connectivity index (χ1) is 9.83. The summed E-state index contributed by atoms with van der Waals surface area (Å²) in [6.07, 6.45) is 1.63. The molecule has 5 heteroatoms. The van der Waals surface area contributed by atoms with Gasteiger partial charge in [0, 0.05) is 38.0 Å². The van der Waals surface area contributed by atoms with Crippen LogP contribution < -0.4 is 5.32 Å². The van der Waals surface area contributed by atoms with Gasteiger partial charge in [0.2, 0.25) is 5.91 Å². The third kappa shape index (κ3) is 4.19. The highest BCUT2D eigenvalue weighted by Crippen LogP contribution is 2.27. The molecule has 1 N–H and O–H groups in total. The van der Waals surface area contributed by atoms with Crippen molar-refractivity contribution in [2.24, 2.45) is 0 Å². The maximum absolute atomic E-state index is 12.3. The molecule has 21 heavy (non-hydrogen) atoms. The van der Waals surface area contributed by atoms with Crippen molar-refractivity contribution in [3.05, 3.63) is 35.9 Å². The van der Waals surface area contributed by atoms with Gasteiger partial charge in [-0.2, -0.15) is 0 Å². The number of amides is 1. The van der Waals surface area contributed by atoms with E-state index in [1.165, 1.54) is 5.56 Å². The van der Waals surface area contributed by atoms with Gasteiger partial charge in [0.1, 0.15) is 0 Å².